The highest BCUT2D eigenvalue weighted by Crippen LogP contribution is 2.15. The zero-order valence-electron chi connectivity index (χ0n) is 9.63. The molecule has 1 aromatic heterocycles. The van der Waals surface area contributed by atoms with Gasteiger partial charge in [0.1, 0.15) is 0 Å². The smallest absolute Gasteiger partial charge is 0.0606 e. The monoisotopic (exact) mass is 221 g/mol. The molecule has 1 rings (SSSR count). The van der Waals surface area contributed by atoms with E-state index in [1.54, 1.807) is 12.3 Å². The first-order chi connectivity index (χ1) is 7.69. The highest BCUT2D eigenvalue weighted by atomic mass is 16.3. The molecule has 0 aromatic carbocycles. The molecule has 0 aliphatic rings. The minimum absolute atomic E-state index is 0.0558. The number of rotatable bonds is 6. The molecule has 0 aliphatic heterocycles. The number of anilines is 1. The Morgan fingerprint density at radius 3 is 2.81 bits per heavy atom. The molecule has 4 heteroatoms. The molecule has 4 nitrogen and oxygen atoms in total. The lowest BCUT2D eigenvalue weighted by Gasteiger charge is -2.22. The number of aliphatic hydroxyl groups is 1. The summed E-state index contributed by atoms with van der Waals surface area (Å²) >= 11 is 0. The molecular formula is C12H19N3O. The molecule has 16 heavy (non-hydrogen) atoms. The van der Waals surface area contributed by atoms with Crippen molar-refractivity contribution in [2.45, 2.75) is 13.0 Å². The number of nitrogens with two attached hydrogens (primary N) is 1. The van der Waals surface area contributed by atoms with Gasteiger partial charge in [0, 0.05) is 19.1 Å². The molecule has 0 spiro atoms. The zero-order valence-corrected chi connectivity index (χ0v) is 9.63. The van der Waals surface area contributed by atoms with Crippen molar-refractivity contribution in [2.75, 3.05) is 24.6 Å². The van der Waals surface area contributed by atoms with E-state index in [-0.39, 0.29) is 12.6 Å². The fraction of sp³-hybridized carbons (Fsp3) is 0.417. The number of aliphatic hydroxyl groups excluding tert-OH is 1. The number of nitrogens with zero attached hydrogens (tertiary/aromatic N) is 2. The summed E-state index contributed by atoms with van der Waals surface area (Å²) in [6, 6.07) is 3.82. The molecule has 0 amide bonds. The first kappa shape index (κ1) is 12.7. The van der Waals surface area contributed by atoms with Crippen LogP contribution in [0.1, 0.15) is 18.7 Å². The van der Waals surface area contributed by atoms with Gasteiger partial charge >= 0.3 is 0 Å². The Labute approximate surface area is 96.4 Å². The van der Waals surface area contributed by atoms with Crippen LogP contribution in [0.15, 0.2) is 31.0 Å². The van der Waals surface area contributed by atoms with Crippen molar-refractivity contribution >= 4 is 5.69 Å². The van der Waals surface area contributed by atoms with Crippen LogP contribution in [0.5, 0.6) is 0 Å². The summed E-state index contributed by atoms with van der Waals surface area (Å²) in [7, 11) is 0. The van der Waals surface area contributed by atoms with Gasteiger partial charge in [-0.1, -0.05) is 6.08 Å². The van der Waals surface area contributed by atoms with Gasteiger partial charge in [-0.3, -0.25) is 4.98 Å². The van der Waals surface area contributed by atoms with Crippen LogP contribution in [0.2, 0.25) is 0 Å². The molecule has 1 atom stereocenters. The summed E-state index contributed by atoms with van der Waals surface area (Å²) in [5.74, 6) is 0. The predicted molar refractivity (Wildman–Crippen MR) is 66.3 cm³/mol. The lowest BCUT2D eigenvalue weighted by molar-refractivity contribution is 0.303. The summed E-state index contributed by atoms with van der Waals surface area (Å²) in [4.78, 5) is 6.29. The van der Waals surface area contributed by atoms with Gasteiger partial charge in [-0.25, -0.2) is 0 Å². The van der Waals surface area contributed by atoms with Crippen LogP contribution in [0.4, 0.5) is 5.69 Å². The Morgan fingerprint density at radius 1 is 1.62 bits per heavy atom. The Balaban J connectivity index is 2.80. The van der Waals surface area contributed by atoms with Crippen molar-refractivity contribution in [1.82, 2.24) is 4.98 Å². The highest BCUT2D eigenvalue weighted by Gasteiger charge is 2.06. The average Bonchev–Trinajstić information content (AvgIpc) is 2.29. The third-order valence-corrected chi connectivity index (χ3v) is 2.32. The van der Waals surface area contributed by atoms with Crippen LogP contribution < -0.4 is 10.6 Å². The van der Waals surface area contributed by atoms with Crippen LogP contribution in [-0.4, -0.2) is 29.8 Å². The molecule has 1 heterocycles. The predicted octanol–water partition coefficient (Wildman–Crippen LogP) is 1.09. The van der Waals surface area contributed by atoms with E-state index in [9.17, 15) is 0 Å². The molecule has 0 saturated heterocycles. The maximum Gasteiger partial charge on any atom is 0.0606 e. The van der Waals surface area contributed by atoms with E-state index in [2.05, 4.69) is 11.6 Å². The normalized spacial score (nSPS) is 12.2. The second kappa shape index (κ2) is 6.25. The molecule has 0 fully saturated rings. The molecule has 88 valence electrons. The standard InChI is InChI=1S/C12H19N3O/c1-3-6-15(7-8-16)11-4-5-12(10(2)13)14-9-11/h3-5,9-10,16H,1,6-8,13H2,2H3/t10-/m1/s1. The van der Waals surface area contributed by atoms with Gasteiger partial charge in [-0.05, 0) is 19.1 Å². The van der Waals surface area contributed by atoms with Gasteiger partial charge < -0.3 is 15.7 Å². The van der Waals surface area contributed by atoms with Crippen molar-refractivity contribution in [1.29, 1.82) is 0 Å². The summed E-state index contributed by atoms with van der Waals surface area (Å²) in [6.07, 6.45) is 3.58. The third kappa shape index (κ3) is 3.32. The fourth-order valence-corrected chi connectivity index (χ4v) is 1.46. The van der Waals surface area contributed by atoms with E-state index in [0.29, 0.717) is 13.1 Å². The lowest BCUT2D eigenvalue weighted by Crippen LogP contribution is -2.26. The number of aromatic nitrogens is 1. The van der Waals surface area contributed by atoms with Gasteiger partial charge in [0.2, 0.25) is 0 Å². The second-order valence-corrected chi connectivity index (χ2v) is 3.69. The maximum atomic E-state index is 8.95. The first-order valence-corrected chi connectivity index (χ1v) is 5.37. The van der Waals surface area contributed by atoms with Gasteiger partial charge in [0.25, 0.3) is 0 Å². The second-order valence-electron chi connectivity index (χ2n) is 3.69. The van der Waals surface area contributed by atoms with Crippen molar-refractivity contribution in [3.8, 4) is 0 Å². The molecule has 0 saturated carbocycles. The number of hydrogen-bond donors (Lipinski definition) is 2. The summed E-state index contributed by atoms with van der Waals surface area (Å²) < 4.78 is 0. The van der Waals surface area contributed by atoms with Crippen molar-refractivity contribution in [3.05, 3.63) is 36.7 Å². The minimum atomic E-state index is -0.0558. The topological polar surface area (TPSA) is 62.4 Å². The molecular weight excluding hydrogens is 202 g/mol. The lowest BCUT2D eigenvalue weighted by atomic mass is 10.2. The van der Waals surface area contributed by atoms with Crippen molar-refractivity contribution in [2.24, 2.45) is 5.73 Å². The van der Waals surface area contributed by atoms with E-state index in [0.717, 1.165) is 11.4 Å². The summed E-state index contributed by atoms with van der Waals surface area (Å²) in [5, 5.41) is 8.95. The SMILES string of the molecule is C=CCN(CCO)c1ccc([C@@H](C)N)nc1. The van der Waals surface area contributed by atoms with E-state index in [4.69, 9.17) is 10.8 Å². The minimum Gasteiger partial charge on any atom is -0.395 e. The van der Waals surface area contributed by atoms with Gasteiger partial charge in [-0.2, -0.15) is 0 Å². The van der Waals surface area contributed by atoms with E-state index >= 15 is 0 Å². The largest absolute Gasteiger partial charge is 0.395 e. The highest BCUT2D eigenvalue weighted by molar-refractivity contribution is 5.45. The number of pyridine rings is 1. The Morgan fingerprint density at radius 2 is 2.38 bits per heavy atom. The Hall–Kier alpha value is -1.39. The van der Waals surface area contributed by atoms with E-state index in [1.807, 2.05) is 24.0 Å². The van der Waals surface area contributed by atoms with Gasteiger partial charge in [0.15, 0.2) is 0 Å². The average molecular weight is 221 g/mol. The Kier molecular flexibility index (Phi) is 4.95. The molecule has 3 N–H and O–H groups in total. The molecule has 0 radical (unpaired) electrons. The Bertz CT molecular complexity index is 322. The maximum absolute atomic E-state index is 8.95. The molecule has 0 bridgehead atoms. The quantitative estimate of drug-likeness (QED) is 0.706. The summed E-state index contributed by atoms with van der Waals surface area (Å²) in [6.45, 7) is 6.97. The molecule has 0 aliphatic carbocycles. The zero-order chi connectivity index (χ0) is 12.0. The van der Waals surface area contributed by atoms with Crippen molar-refractivity contribution in [3.63, 3.8) is 0 Å². The van der Waals surface area contributed by atoms with Crippen LogP contribution >= 0.6 is 0 Å². The number of hydrogen-bond acceptors (Lipinski definition) is 4. The third-order valence-electron chi connectivity index (χ3n) is 2.32. The fourth-order valence-electron chi connectivity index (χ4n) is 1.46. The van der Waals surface area contributed by atoms with Crippen LogP contribution in [0.3, 0.4) is 0 Å². The molecule has 0 unspecified atom stereocenters. The van der Waals surface area contributed by atoms with Gasteiger partial charge in [0.05, 0.1) is 24.2 Å². The first-order valence-electron chi connectivity index (χ1n) is 5.37. The van der Waals surface area contributed by atoms with E-state index in [1.165, 1.54) is 0 Å². The van der Waals surface area contributed by atoms with Gasteiger partial charge in [-0.15, -0.1) is 6.58 Å². The van der Waals surface area contributed by atoms with Crippen LogP contribution in [-0.2, 0) is 0 Å². The van der Waals surface area contributed by atoms with Crippen LogP contribution in [0, 0.1) is 0 Å². The van der Waals surface area contributed by atoms with Crippen molar-refractivity contribution < 1.29 is 5.11 Å². The molecule has 1 aromatic rings. The summed E-state index contributed by atoms with van der Waals surface area (Å²) in [5.41, 5.74) is 7.56. The van der Waals surface area contributed by atoms with E-state index < -0.39 is 0 Å². The van der Waals surface area contributed by atoms with Crippen LogP contribution in [0.25, 0.3) is 0 Å².